The van der Waals surface area contributed by atoms with Crippen molar-refractivity contribution in [3.05, 3.63) is 53.6 Å². The van der Waals surface area contributed by atoms with Gasteiger partial charge in [0.1, 0.15) is 0 Å². The monoisotopic (exact) mass is 350 g/mol. The number of nitrogens with two attached hydrogens (primary N) is 1. The van der Waals surface area contributed by atoms with Gasteiger partial charge in [0.25, 0.3) is 10.0 Å². The highest BCUT2D eigenvalue weighted by atomic mass is 32.2. The molecule has 1 amide bonds. The zero-order valence-electron chi connectivity index (χ0n) is 12.9. The van der Waals surface area contributed by atoms with Gasteiger partial charge in [-0.3, -0.25) is 9.52 Å². The third-order valence-electron chi connectivity index (χ3n) is 3.12. The van der Waals surface area contributed by atoms with Crippen LogP contribution in [0, 0.1) is 13.8 Å². The number of carbonyl (C=O) groups is 1. The molecule has 7 heteroatoms. The number of amides is 1. The van der Waals surface area contributed by atoms with E-state index >= 15 is 0 Å². The topological polar surface area (TPSA) is 89.3 Å². The first-order valence-corrected chi connectivity index (χ1v) is 9.36. The summed E-state index contributed by atoms with van der Waals surface area (Å²) in [5.74, 6) is -0.371. The van der Waals surface area contributed by atoms with Crippen molar-refractivity contribution in [2.24, 2.45) is 5.73 Å². The van der Waals surface area contributed by atoms with Crippen molar-refractivity contribution in [2.45, 2.75) is 23.6 Å². The number of hydrogen-bond acceptors (Lipinski definition) is 4. The largest absolute Gasteiger partial charge is 0.369 e. The van der Waals surface area contributed by atoms with E-state index in [1.54, 1.807) is 43.3 Å². The molecule has 0 saturated carbocycles. The number of carbonyl (C=O) groups excluding carboxylic acids is 1. The van der Waals surface area contributed by atoms with Crippen LogP contribution in [0.4, 0.5) is 5.69 Å². The Morgan fingerprint density at radius 3 is 2.52 bits per heavy atom. The Hall–Kier alpha value is -1.99. The number of hydrogen-bond donors (Lipinski definition) is 2. The molecule has 0 spiro atoms. The molecule has 0 bridgehead atoms. The zero-order chi connectivity index (χ0) is 17.0. The first kappa shape index (κ1) is 17.4. The minimum absolute atomic E-state index is 0.0856. The highest BCUT2D eigenvalue weighted by molar-refractivity contribution is 8.00. The molecule has 2 rings (SSSR count). The number of aryl methyl sites for hydroxylation is 2. The van der Waals surface area contributed by atoms with Gasteiger partial charge in [-0.1, -0.05) is 29.8 Å². The Morgan fingerprint density at radius 1 is 1.17 bits per heavy atom. The quantitative estimate of drug-likeness (QED) is 0.784. The Labute approximate surface area is 140 Å². The van der Waals surface area contributed by atoms with Crippen molar-refractivity contribution in [1.29, 1.82) is 0 Å². The lowest BCUT2D eigenvalue weighted by Gasteiger charge is -2.13. The van der Waals surface area contributed by atoms with Crippen LogP contribution in [0.3, 0.4) is 0 Å². The standard InChI is InChI=1S/C16H18N2O3S2/c1-11-7-8-15(12(2)9-11)23(20,21)18-13-5-3-4-6-14(13)22-10-16(17)19/h3-9,18H,10H2,1-2H3,(H2,17,19). The van der Waals surface area contributed by atoms with Crippen LogP contribution in [0.5, 0.6) is 0 Å². The van der Waals surface area contributed by atoms with Crippen LogP contribution >= 0.6 is 11.8 Å². The van der Waals surface area contributed by atoms with Crippen molar-refractivity contribution in [3.8, 4) is 0 Å². The van der Waals surface area contributed by atoms with Crippen LogP contribution in [0.15, 0.2) is 52.3 Å². The molecular formula is C16H18N2O3S2. The molecule has 0 aliphatic heterocycles. The summed E-state index contributed by atoms with van der Waals surface area (Å²) in [4.78, 5) is 11.8. The van der Waals surface area contributed by atoms with E-state index in [2.05, 4.69) is 4.72 Å². The van der Waals surface area contributed by atoms with Gasteiger partial charge in [-0.25, -0.2) is 8.42 Å². The van der Waals surface area contributed by atoms with Gasteiger partial charge >= 0.3 is 0 Å². The van der Waals surface area contributed by atoms with Gasteiger partial charge in [0, 0.05) is 4.90 Å². The third kappa shape index (κ3) is 4.49. The Bertz CT molecular complexity index is 833. The van der Waals surface area contributed by atoms with Gasteiger partial charge in [-0.05, 0) is 37.6 Å². The van der Waals surface area contributed by atoms with Gasteiger partial charge in [0.2, 0.25) is 5.91 Å². The van der Waals surface area contributed by atoms with Gasteiger partial charge in [0.05, 0.1) is 16.3 Å². The molecule has 0 aliphatic carbocycles. The Kier molecular flexibility index (Phi) is 5.33. The van der Waals surface area contributed by atoms with E-state index < -0.39 is 15.9 Å². The average molecular weight is 350 g/mol. The number of para-hydroxylation sites is 1. The molecule has 0 aliphatic rings. The maximum atomic E-state index is 12.6. The number of nitrogens with one attached hydrogen (secondary N) is 1. The van der Waals surface area contributed by atoms with Crippen molar-refractivity contribution in [3.63, 3.8) is 0 Å². The summed E-state index contributed by atoms with van der Waals surface area (Å²) in [5.41, 5.74) is 7.25. The Morgan fingerprint density at radius 2 is 1.87 bits per heavy atom. The second-order valence-electron chi connectivity index (χ2n) is 5.13. The van der Waals surface area contributed by atoms with Gasteiger partial charge in [0.15, 0.2) is 0 Å². The lowest BCUT2D eigenvalue weighted by molar-refractivity contribution is -0.115. The van der Waals surface area contributed by atoms with Crippen molar-refractivity contribution in [1.82, 2.24) is 0 Å². The SMILES string of the molecule is Cc1ccc(S(=O)(=O)Nc2ccccc2SCC(N)=O)c(C)c1. The van der Waals surface area contributed by atoms with Gasteiger partial charge in [-0.15, -0.1) is 11.8 Å². The molecule has 0 atom stereocenters. The van der Waals surface area contributed by atoms with E-state index in [0.29, 0.717) is 16.1 Å². The molecule has 0 heterocycles. The number of thioether (sulfide) groups is 1. The zero-order valence-corrected chi connectivity index (χ0v) is 14.5. The van der Waals surface area contributed by atoms with E-state index in [1.165, 1.54) is 11.8 Å². The lowest BCUT2D eigenvalue weighted by Crippen LogP contribution is -2.16. The molecule has 3 N–H and O–H groups in total. The van der Waals surface area contributed by atoms with Crippen molar-refractivity contribution in [2.75, 3.05) is 10.5 Å². The van der Waals surface area contributed by atoms with Gasteiger partial charge < -0.3 is 5.73 Å². The molecule has 2 aromatic rings. The molecular weight excluding hydrogens is 332 g/mol. The summed E-state index contributed by atoms with van der Waals surface area (Å²) in [6, 6.07) is 12.1. The summed E-state index contributed by atoms with van der Waals surface area (Å²) >= 11 is 1.20. The number of benzene rings is 2. The first-order chi connectivity index (χ1) is 10.8. The fraction of sp³-hybridized carbons (Fsp3) is 0.188. The molecule has 23 heavy (non-hydrogen) atoms. The first-order valence-electron chi connectivity index (χ1n) is 6.90. The maximum Gasteiger partial charge on any atom is 0.262 e. The molecule has 0 aromatic heterocycles. The fourth-order valence-electron chi connectivity index (χ4n) is 2.13. The van der Waals surface area contributed by atoms with Crippen molar-refractivity contribution < 1.29 is 13.2 Å². The molecule has 5 nitrogen and oxygen atoms in total. The fourth-order valence-corrected chi connectivity index (χ4v) is 4.25. The minimum atomic E-state index is -3.70. The number of sulfonamides is 1. The molecule has 0 saturated heterocycles. The highest BCUT2D eigenvalue weighted by Gasteiger charge is 2.18. The second-order valence-corrected chi connectivity index (χ2v) is 7.79. The number of rotatable bonds is 6. The van der Waals surface area contributed by atoms with Crippen LogP contribution in [-0.2, 0) is 14.8 Å². The molecule has 0 fully saturated rings. The normalized spacial score (nSPS) is 11.2. The van der Waals surface area contributed by atoms with Crippen LogP contribution in [0.2, 0.25) is 0 Å². The summed E-state index contributed by atoms with van der Waals surface area (Å²) in [6.45, 7) is 3.67. The smallest absolute Gasteiger partial charge is 0.262 e. The van der Waals surface area contributed by atoms with Crippen LogP contribution in [0.25, 0.3) is 0 Å². The molecule has 122 valence electrons. The third-order valence-corrected chi connectivity index (χ3v) is 5.74. The van der Waals surface area contributed by atoms with Crippen LogP contribution in [0.1, 0.15) is 11.1 Å². The van der Waals surface area contributed by atoms with Crippen LogP contribution in [-0.4, -0.2) is 20.1 Å². The summed E-state index contributed by atoms with van der Waals surface area (Å²) in [5, 5.41) is 0. The average Bonchev–Trinajstić information content (AvgIpc) is 2.45. The summed E-state index contributed by atoms with van der Waals surface area (Å²) in [7, 11) is -3.70. The second kappa shape index (κ2) is 7.06. The van der Waals surface area contributed by atoms with E-state index in [9.17, 15) is 13.2 Å². The number of primary amides is 1. The van der Waals surface area contributed by atoms with E-state index in [0.717, 1.165) is 5.56 Å². The van der Waals surface area contributed by atoms with Crippen LogP contribution < -0.4 is 10.5 Å². The Balaban J connectivity index is 2.32. The molecule has 0 radical (unpaired) electrons. The highest BCUT2D eigenvalue weighted by Crippen LogP contribution is 2.29. The van der Waals surface area contributed by atoms with Crippen molar-refractivity contribution >= 4 is 33.4 Å². The van der Waals surface area contributed by atoms with Gasteiger partial charge in [-0.2, -0.15) is 0 Å². The summed E-state index contributed by atoms with van der Waals surface area (Å²) < 4.78 is 27.8. The predicted octanol–water partition coefficient (Wildman–Crippen LogP) is 2.68. The van der Waals surface area contributed by atoms with E-state index in [-0.39, 0.29) is 10.6 Å². The minimum Gasteiger partial charge on any atom is -0.369 e. The number of anilines is 1. The van der Waals surface area contributed by atoms with E-state index in [4.69, 9.17) is 5.73 Å². The lowest BCUT2D eigenvalue weighted by atomic mass is 10.2. The van der Waals surface area contributed by atoms with E-state index in [1.807, 2.05) is 13.0 Å². The predicted molar refractivity (Wildman–Crippen MR) is 93.1 cm³/mol. The molecule has 0 unspecified atom stereocenters. The molecule has 2 aromatic carbocycles. The summed E-state index contributed by atoms with van der Waals surface area (Å²) in [6.07, 6.45) is 0. The maximum absolute atomic E-state index is 12.6.